The predicted molar refractivity (Wildman–Crippen MR) is 144 cm³/mol. The van der Waals surface area contributed by atoms with Crippen molar-refractivity contribution in [1.29, 1.82) is 0 Å². The van der Waals surface area contributed by atoms with Crippen molar-refractivity contribution in [1.82, 2.24) is 19.8 Å². The fraction of sp³-hybridized carbons (Fsp3) is 0.552. The molecule has 3 aromatic rings. The number of likely N-dealkylation sites (tertiary alicyclic amines) is 2. The molecule has 0 bridgehead atoms. The Morgan fingerprint density at radius 1 is 1.09 bits per heavy atom. The highest BCUT2D eigenvalue weighted by molar-refractivity contribution is 6.29. The van der Waals surface area contributed by atoms with E-state index in [-0.39, 0.29) is 5.82 Å². The summed E-state index contributed by atoms with van der Waals surface area (Å²) in [5.41, 5.74) is 4.93. The van der Waals surface area contributed by atoms with Crippen molar-refractivity contribution in [3.63, 3.8) is 0 Å². The van der Waals surface area contributed by atoms with Crippen LogP contribution in [-0.4, -0.2) is 58.5 Å². The van der Waals surface area contributed by atoms with Gasteiger partial charge in [0.2, 0.25) is 0 Å². The van der Waals surface area contributed by atoms with E-state index in [9.17, 15) is 4.39 Å². The molecule has 0 atom stereocenters. The maximum Gasteiger partial charge on any atom is 0.150 e. The van der Waals surface area contributed by atoms with Crippen LogP contribution < -0.4 is 0 Å². The van der Waals surface area contributed by atoms with E-state index in [1.54, 1.807) is 6.07 Å². The summed E-state index contributed by atoms with van der Waals surface area (Å²) in [4.78, 5) is 12.7. The molecule has 0 saturated carbocycles. The maximum atomic E-state index is 14.6. The second-order valence-corrected chi connectivity index (χ2v) is 11.2. The van der Waals surface area contributed by atoms with E-state index in [0.29, 0.717) is 16.6 Å². The molecular weight excluding hydrogens is 459 g/mol. The molecule has 2 aliphatic rings. The Morgan fingerprint density at radius 3 is 2.51 bits per heavy atom. The van der Waals surface area contributed by atoms with Crippen LogP contribution in [0.3, 0.4) is 0 Å². The largest absolute Gasteiger partial charge is 0.354 e. The second-order valence-electron chi connectivity index (χ2n) is 10.9. The number of pyridine rings is 1. The fourth-order valence-corrected chi connectivity index (χ4v) is 6.46. The van der Waals surface area contributed by atoms with E-state index in [1.807, 2.05) is 0 Å². The number of nitrogens with zero attached hydrogens (tertiary/aromatic N) is 3. The zero-order valence-electron chi connectivity index (χ0n) is 21.3. The molecule has 6 heteroatoms. The highest BCUT2D eigenvalue weighted by Crippen LogP contribution is 2.37. The van der Waals surface area contributed by atoms with E-state index in [1.165, 1.54) is 75.6 Å². The minimum atomic E-state index is -0.349. The van der Waals surface area contributed by atoms with Crippen LogP contribution in [0.15, 0.2) is 30.5 Å². The van der Waals surface area contributed by atoms with Crippen LogP contribution in [0, 0.1) is 11.7 Å². The monoisotopic (exact) mass is 496 g/mol. The molecule has 4 nitrogen and oxygen atoms in total. The lowest BCUT2D eigenvalue weighted by Gasteiger charge is -2.42. The van der Waals surface area contributed by atoms with E-state index in [0.717, 1.165) is 35.2 Å². The van der Waals surface area contributed by atoms with Gasteiger partial charge in [-0.3, -0.25) is 0 Å². The molecule has 188 valence electrons. The molecule has 0 amide bonds. The molecule has 1 aromatic carbocycles. The summed E-state index contributed by atoms with van der Waals surface area (Å²) in [6.07, 6.45) is 7.08. The first-order chi connectivity index (χ1) is 16.9. The third kappa shape index (κ3) is 5.28. The quantitative estimate of drug-likeness (QED) is 0.377. The van der Waals surface area contributed by atoms with E-state index in [2.05, 4.69) is 58.7 Å². The van der Waals surface area contributed by atoms with Crippen LogP contribution in [0.5, 0.6) is 0 Å². The van der Waals surface area contributed by atoms with Gasteiger partial charge in [-0.15, -0.1) is 0 Å². The lowest BCUT2D eigenvalue weighted by Crippen LogP contribution is -2.48. The van der Waals surface area contributed by atoms with Crippen LogP contribution in [0.1, 0.15) is 63.5 Å². The van der Waals surface area contributed by atoms with Crippen molar-refractivity contribution in [3.8, 4) is 11.3 Å². The fourth-order valence-electron chi connectivity index (χ4n) is 6.30. The van der Waals surface area contributed by atoms with Crippen molar-refractivity contribution < 1.29 is 4.39 Å². The van der Waals surface area contributed by atoms with Gasteiger partial charge in [0.15, 0.2) is 5.82 Å². The van der Waals surface area contributed by atoms with Crippen LogP contribution in [0.2, 0.25) is 5.15 Å². The number of piperidine rings is 2. The van der Waals surface area contributed by atoms with E-state index in [4.69, 9.17) is 11.6 Å². The van der Waals surface area contributed by atoms with Gasteiger partial charge >= 0.3 is 0 Å². The number of hydrogen-bond donors (Lipinski definition) is 1. The van der Waals surface area contributed by atoms with Gasteiger partial charge in [0.25, 0.3) is 0 Å². The number of H-pyrrole nitrogens is 1. The summed E-state index contributed by atoms with van der Waals surface area (Å²) in [6.45, 7) is 12.9. The first-order valence-electron chi connectivity index (χ1n) is 13.3. The third-order valence-corrected chi connectivity index (χ3v) is 8.28. The summed E-state index contributed by atoms with van der Waals surface area (Å²) in [5.74, 6) is 0.996. The van der Waals surface area contributed by atoms with E-state index >= 15 is 0 Å². The normalized spacial score (nSPS) is 19.3. The van der Waals surface area contributed by atoms with Crippen molar-refractivity contribution >= 4 is 22.5 Å². The number of aromatic nitrogens is 2. The molecule has 2 saturated heterocycles. The first-order valence-corrected chi connectivity index (χ1v) is 13.7. The maximum absolute atomic E-state index is 14.6. The smallest absolute Gasteiger partial charge is 0.150 e. The number of benzene rings is 1. The Kier molecular flexibility index (Phi) is 7.47. The summed E-state index contributed by atoms with van der Waals surface area (Å²) in [6, 6.07) is 9.15. The number of fused-ring (bicyclic) bond motifs is 1. The molecule has 2 aromatic heterocycles. The Morgan fingerprint density at radius 2 is 1.83 bits per heavy atom. The van der Waals surface area contributed by atoms with Gasteiger partial charge in [-0.25, -0.2) is 9.37 Å². The summed E-state index contributed by atoms with van der Waals surface area (Å²) in [5, 5.41) is 1.51. The minimum absolute atomic E-state index is 0.306. The number of aryl methyl sites for hydroxylation is 1. The number of rotatable bonds is 6. The summed E-state index contributed by atoms with van der Waals surface area (Å²) in [7, 11) is 0. The lowest BCUT2D eigenvalue weighted by molar-refractivity contribution is 0.0828. The number of nitrogens with one attached hydrogen (secondary N) is 1. The van der Waals surface area contributed by atoms with Gasteiger partial charge in [0.05, 0.1) is 11.9 Å². The predicted octanol–water partition coefficient (Wildman–Crippen LogP) is 6.88. The van der Waals surface area contributed by atoms with Crippen molar-refractivity contribution in [3.05, 3.63) is 52.6 Å². The van der Waals surface area contributed by atoms with Gasteiger partial charge < -0.3 is 14.8 Å². The van der Waals surface area contributed by atoms with Gasteiger partial charge in [-0.2, -0.15) is 0 Å². The minimum Gasteiger partial charge on any atom is -0.354 e. The number of aromatic amines is 1. The Balaban J connectivity index is 1.29. The highest BCUT2D eigenvalue weighted by Gasteiger charge is 2.29. The van der Waals surface area contributed by atoms with Crippen molar-refractivity contribution in [2.24, 2.45) is 5.92 Å². The zero-order valence-corrected chi connectivity index (χ0v) is 22.0. The molecule has 1 N–H and O–H groups in total. The average Bonchev–Trinajstić information content (AvgIpc) is 3.23. The highest BCUT2D eigenvalue weighted by atomic mass is 35.5. The lowest BCUT2D eigenvalue weighted by atomic mass is 9.87. The van der Waals surface area contributed by atoms with Gasteiger partial charge in [0.1, 0.15) is 5.15 Å². The molecule has 0 spiro atoms. The molecule has 0 aliphatic carbocycles. The first kappa shape index (κ1) is 24.7. The van der Waals surface area contributed by atoms with Crippen LogP contribution in [0.25, 0.3) is 22.2 Å². The van der Waals surface area contributed by atoms with Crippen LogP contribution in [-0.2, 0) is 6.42 Å². The molecule has 0 unspecified atom stereocenters. The number of hydrogen-bond acceptors (Lipinski definition) is 3. The van der Waals surface area contributed by atoms with Gasteiger partial charge in [0, 0.05) is 29.1 Å². The molecule has 5 rings (SSSR count). The number of halogens is 2. The molecule has 35 heavy (non-hydrogen) atoms. The Bertz CT molecular complexity index is 1160. The molecule has 2 fully saturated rings. The standard InChI is InChI=1S/C29H38ClFN4/c1-4-23-24-15-21(5-6-27(24)33-29(23)25-16-28(30)32-17-26(25)31)20-7-13-35(14-8-20)22-9-11-34(12-10-22)18-19(2)3/h5-6,15-17,19-20,22,33H,4,7-14,18H2,1-3H3. The molecule has 4 heterocycles. The molecule has 0 radical (unpaired) electrons. The zero-order chi connectivity index (χ0) is 24.5. The molecule has 2 aliphatic heterocycles. The average molecular weight is 497 g/mol. The Labute approximate surface area is 213 Å². The van der Waals surface area contributed by atoms with Crippen molar-refractivity contribution in [2.45, 2.75) is 64.8 Å². The molecular formula is C29H38ClFN4. The van der Waals surface area contributed by atoms with Gasteiger partial charge in [-0.1, -0.05) is 38.4 Å². The summed E-state index contributed by atoms with van der Waals surface area (Å²) < 4.78 is 14.6. The van der Waals surface area contributed by atoms with Crippen LogP contribution in [0.4, 0.5) is 4.39 Å². The van der Waals surface area contributed by atoms with Crippen molar-refractivity contribution in [2.75, 3.05) is 32.7 Å². The van der Waals surface area contributed by atoms with Crippen LogP contribution >= 0.6 is 11.6 Å². The second kappa shape index (κ2) is 10.6. The van der Waals surface area contributed by atoms with E-state index < -0.39 is 0 Å². The topological polar surface area (TPSA) is 35.2 Å². The van der Waals surface area contributed by atoms with Gasteiger partial charge in [-0.05, 0) is 99.4 Å². The SMILES string of the molecule is CCc1c(-c2cc(Cl)ncc2F)[nH]c2ccc(C3CCN(C4CCN(CC(C)C)CC4)CC3)cc12. The summed E-state index contributed by atoms with van der Waals surface area (Å²) >= 11 is 6.08. The Hall–Kier alpha value is -1.95. The third-order valence-electron chi connectivity index (χ3n) is 8.07.